The van der Waals surface area contributed by atoms with Crippen molar-refractivity contribution in [3.8, 4) is 0 Å². The lowest BCUT2D eigenvalue weighted by Crippen LogP contribution is -2.36. The maximum Gasteiger partial charge on any atom is 0.252 e. The number of nitrogens with zero attached hydrogens (tertiary/aromatic N) is 3. The van der Waals surface area contributed by atoms with Gasteiger partial charge in [0, 0.05) is 13.1 Å². The first-order valence-electron chi connectivity index (χ1n) is 6.57. The second-order valence-electron chi connectivity index (χ2n) is 4.57. The first kappa shape index (κ1) is 17.0. The molecule has 0 aliphatic rings. The number of alkyl halides is 2. The van der Waals surface area contributed by atoms with Crippen LogP contribution in [0.5, 0.6) is 0 Å². The van der Waals surface area contributed by atoms with Crippen LogP contribution >= 0.6 is 0 Å². The topological polar surface area (TPSA) is 55.2 Å². The summed E-state index contributed by atoms with van der Waals surface area (Å²) >= 11 is 0. The summed E-state index contributed by atoms with van der Waals surface area (Å²) in [6, 6.07) is 0. The minimum absolute atomic E-state index is 0.0495. The first-order valence-corrected chi connectivity index (χ1v) is 8.01. The van der Waals surface area contributed by atoms with E-state index in [-0.39, 0.29) is 11.4 Å². The molecule has 0 aromatic carbocycles. The maximum absolute atomic E-state index is 12.6. The van der Waals surface area contributed by atoms with Gasteiger partial charge in [0.25, 0.3) is 6.43 Å². The second-order valence-corrected chi connectivity index (χ2v) is 6.44. The molecule has 0 spiro atoms. The molecule has 0 aliphatic carbocycles. The van der Waals surface area contributed by atoms with Gasteiger partial charge in [-0.1, -0.05) is 6.92 Å². The molecule has 20 heavy (non-hydrogen) atoms. The fraction of sp³-hybridized carbons (Fsp3) is 0.750. The van der Waals surface area contributed by atoms with Crippen molar-refractivity contribution in [1.82, 2.24) is 14.1 Å². The highest BCUT2D eigenvalue weighted by Gasteiger charge is 2.31. The van der Waals surface area contributed by atoms with Crippen LogP contribution in [0.25, 0.3) is 0 Å². The van der Waals surface area contributed by atoms with Crippen LogP contribution in [0.1, 0.15) is 31.7 Å². The van der Waals surface area contributed by atoms with E-state index in [2.05, 4.69) is 5.10 Å². The lowest BCUT2D eigenvalue weighted by molar-refractivity contribution is 0.119. The van der Waals surface area contributed by atoms with Crippen LogP contribution < -0.4 is 0 Å². The molecule has 5 nitrogen and oxygen atoms in total. The van der Waals surface area contributed by atoms with Crippen molar-refractivity contribution in [2.24, 2.45) is 0 Å². The molecule has 8 heteroatoms. The molecule has 0 saturated heterocycles. The lowest BCUT2D eigenvalue weighted by atomic mass is 10.4. The molecule has 0 unspecified atom stereocenters. The van der Waals surface area contributed by atoms with Crippen LogP contribution in [0.2, 0.25) is 0 Å². The predicted octanol–water partition coefficient (Wildman–Crippen LogP) is 2.19. The zero-order valence-corrected chi connectivity index (χ0v) is 13.0. The first-order chi connectivity index (χ1) is 9.25. The monoisotopic (exact) mass is 309 g/mol. The van der Waals surface area contributed by atoms with E-state index in [9.17, 15) is 17.2 Å². The van der Waals surface area contributed by atoms with E-state index in [1.807, 2.05) is 6.92 Å². The highest BCUT2D eigenvalue weighted by molar-refractivity contribution is 7.89. The summed E-state index contributed by atoms with van der Waals surface area (Å²) < 4.78 is 52.7. The molecule has 0 fully saturated rings. The Morgan fingerprint density at radius 1 is 1.30 bits per heavy atom. The number of aromatic nitrogens is 2. The van der Waals surface area contributed by atoms with Gasteiger partial charge in [0.15, 0.2) is 0 Å². The smallest absolute Gasteiger partial charge is 0.252 e. The number of aryl methyl sites for hydroxylation is 2. The van der Waals surface area contributed by atoms with Gasteiger partial charge in [0.2, 0.25) is 10.0 Å². The summed E-state index contributed by atoms with van der Waals surface area (Å²) in [7, 11) is -3.94. The van der Waals surface area contributed by atoms with E-state index in [1.54, 1.807) is 25.5 Å². The Morgan fingerprint density at radius 3 is 2.30 bits per heavy atom. The molecular formula is C12H21F2N3O2S. The molecule has 1 rings (SSSR count). The summed E-state index contributed by atoms with van der Waals surface area (Å²) in [6.07, 6.45) is -2.22. The standard InChI is InChI=1S/C12H21F2N3O2S/c1-5-7-16(8-11(13)14)20(18,19)12-9(3)15-17(6-2)10(12)4/h11H,5-8H2,1-4H3. The van der Waals surface area contributed by atoms with Crippen LogP contribution in [0.3, 0.4) is 0 Å². The van der Waals surface area contributed by atoms with Gasteiger partial charge < -0.3 is 0 Å². The quantitative estimate of drug-likeness (QED) is 0.776. The normalized spacial score (nSPS) is 12.6. The average molecular weight is 309 g/mol. The largest absolute Gasteiger partial charge is 0.268 e. The van der Waals surface area contributed by atoms with Crippen molar-refractivity contribution in [2.75, 3.05) is 13.1 Å². The van der Waals surface area contributed by atoms with Gasteiger partial charge in [-0.2, -0.15) is 9.40 Å². The third-order valence-electron chi connectivity index (χ3n) is 3.03. The van der Waals surface area contributed by atoms with E-state index in [4.69, 9.17) is 0 Å². The highest BCUT2D eigenvalue weighted by atomic mass is 32.2. The summed E-state index contributed by atoms with van der Waals surface area (Å²) in [6.45, 7) is 6.64. The Balaban J connectivity index is 3.29. The minimum atomic E-state index is -3.94. The predicted molar refractivity (Wildman–Crippen MR) is 72.4 cm³/mol. The molecule has 1 aromatic heterocycles. The maximum atomic E-state index is 12.6. The molecular weight excluding hydrogens is 288 g/mol. The molecule has 0 amide bonds. The fourth-order valence-electron chi connectivity index (χ4n) is 2.20. The van der Waals surface area contributed by atoms with E-state index in [0.717, 1.165) is 4.31 Å². The molecule has 0 aliphatic heterocycles. The Hall–Kier alpha value is -1.02. The molecule has 0 atom stereocenters. The molecule has 116 valence electrons. The third kappa shape index (κ3) is 3.35. The summed E-state index contributed by atoms with van der Waals surface area (Å²) in [5.74, 6) is 0. The van der Waals surface area contributed by atoms with E-state index in [0.29, 0.717) is 24.4 Å². The molecule has 0 N–H and O–H groups in total. The summed E-state index contributed by atoms with van der Waals surface area (Å²) in [5, 5.41) is 4.14. The summed E-state index contributed by atoms with van der Waals surface area (Å²) in [5.41, 5.74) is 0.833. The van der Waals surface area contributed by atoms with Crippen molar-refractivity contribution in [3.05, 3.63) is 11.4 Å². The van der Waals surface area contributed by atoms with E-state index >= 15 is 0 Å². The van der Waals surface area contributed by atoms with Gasteiger partial charge in [-0.05, 0) is 27.2 Å². The van der Waals surface area contributed by atoms with Crippen LogP contribution in [-0.2, 0) is 16.6 Å². The van der Waals surface area contributed by atoms with Gasteiger partial charge >= 0.3 is 0 Å². The van der Waals surface area contributed by atoms with Crippen LogP contribution in [0.4, 0.5) is 8.78 Å². The SMILES string of the molecule is CCCN(CC(F)F)S(=O)(=O)c1c(C)nn(CC)c1C. The Bertz CT molecular complexity index is 555. The van der Waals surface area contributed by atoms with Gasteiger partial charge in [-0.3, -0.25) is 4.68 Å². The molecule has 1 aromatic rings. The van der Waals surface area contributed by atoms with Crippen molar-refractivity contribution in [2.45, 2.75) is 52.0 Å². The van der Waals surface area contributed by atoms with Crippen LogP contribution in [-0.4, -0.2) is 42.0 Å². The highest BCUT2D eigenvalue weighted by Crippen LogP contribution is 2.24. The van der Waals surface area contributed by atoms with Crippen LogP contribution in [0.15, 0.2) is 4.90 Å². The number of hydrogen-bond acceptors (Lipinski definition) is 3. The number of halogens is 2. The number of hydrogen-bond donors (Lipinski definition) is 0. The average Bonchev–Trinajstić information content (AvgIpc) is 2.63. The van der Waals surface area contributed by atoms with Gasteiger partial charge in [0.05, 0.1) is 17.9 Å². The number of sulfonamides is 1. The minimum Gasteiger partial charge on any atom is -0.268 e. The van der Waals surface area contributed by atoms with Gasteiger partial charge in [-0.25, -0.2) is 17.2 Å². The molecule has 1 heterocycles. The Kier molecular flexibility index (Phi) is 5.64. The second kappa shape index (κ2) is 6.62. The van der Waals surface area contributed by atoms with Crippen molar-refractivity contribution in [3.63, 3.8) is 0 Å². The van der Waals surface area contributed by atoms with Crippen molar-refractivity contribution in [1.29, 1.82) is 0 Å². The molecule has 0 radical (unpaired) electrons. The van der Waals surface area contributed by atoms with E-state index in [1.165, 1.54) is 0 Å². The zero-order chi connectivity index (χ0) is 15.5. The van der Waals surface area contributed by atoms with Crippen molar-refractivity contribution < 1.29 is 17.2 Å². The Labute approximate surface area is 118 Å². The number of rotatable bonds is 7. The van der Waals surface area contributed by atoms with Gasteiger partial charge in [-0.15, -0.1) is 0 Å². The fourth-order valence-corrected chi connectivity index (χ4v) is 4.09. The third-order valence-corrected chi connectivity index (χ3v) is 5.15. The lowest BCUT2D eigenvalue weighted by Gasteiger charge is -2.21. The van der Waals surface area contributed by atoms with Crippen molar-refractivity contribution >= 4 is 10.0 Å². The zero-order valence-electron chi connectivity index (χ0n) is 12.2. The van der Waals surface area contributed by atoms with Crippen LogP contribution in [0, 0.1) is 13.8 Å². The van der Waals surface area contributed by atoms with Gasteiger partial charge in [0.1, 0.15) is 4.90 Å². The summed E-state index contributed by atoms with van der Waals surface area (Å²) in [4.78, 5) is 0.0495. The molecule has 0 saturated carbocycles. The van der Waals surface area contributed by atoms with E-state index < -0.39 is 23.0 Å². The Morgan fingerprint density at radius 2 is 1.90 bits per heavy atom. The molecule has 0 bridgehead atoms.